The van der Waals surface area contributed by atoms with Crippen LogP contribution in [0.15, 0.2) is 47.5 Å². The molecule has 1 amide bonds. The molecule has 0 aliphatic heterocycles. The summed E-state index contributed by atoms with van der Waals surface area (Å²) in [7, 11) is 3.65. The first-order valence-corrected chi connectivity index (χ1v) is 12.1. The summed E-state index contributed by atoms with van der Waals surface area (Å²) < 4.78 is 3.52. The van der Waals surface area contributed by atoms with Crippen LogP contribution in [0.2, 0.25) is 0 Å². The molecule has 0 atom stereocenters. The van der Waals surface area contributed by atoms with Crippen LogP contribution in [-0.2, 0) is 36.5 Å². The Kier molecular flexibility index (Phi) is 5.59. The molecule has 2 N–H and O–H groups in total. The Labute approximate surface area is 209 Å². The quantitative estimate of drug-likeness (QED) is 0.407. The number of carbonyl (C=O) groups is 1. The number of aliphatic hydroxyl groups excluding tert-OH is 1. The van der Waals surface area contributed by atoms with Crippen LogP contribution >= 0.6 is 0 Å². The zero-order valence-electron chi connectivity index (χ0n) is 21.3. The molecule has 1 aliphatic rings. The van der Waals surface area contributed by atoms with Gasteiger partial charge in [-0.1, -0.05) is 26.8 Å². The Hall–Kier alpha value is -3.78. The molecule has 0 unspecified atom stereocenters. The lowest BCUT2D eigenvalue weighted by Crippen LogP contribution is -2.35. The molecule has 1 fully saturated rings. The lowest BCUT2D eigenvalue weighted by molar-refractivity contribution is -0.110. The predicted octanol–water partition coefficient (Wildman–Crippen LogP) is 3.53. The Morgan fingerprint density at radius 2 is 1.92 bits per heavy atom. The van der Waals surface area contributed by atoms with Crippen LogP contribution in [0.5, 0.6) is 0 Å². The molecule has 0 radical (unpaired) electrons. The fourth-order valence-corrected chi connectivity index (χ4v) is 4.92. The standard InChI is InChI=1S/C28H31N5O3/c1-27(2,3)18-6-7-23-22(13-18)31-25(33(23)5)24-20(15-34)19(8-11-29-24)17-12-21(26(36)32(4)14-17)28(9-10-28)30-16-35/h6-8,11-14,16,34H,9-10,15H2,1-5H3,(H,30,35). The van der Waals surface area contributed by atoms with E-state index < -0.39 is 5.54 Å². The number of nitrogens with zero attached hydrogens (tertiary/aromatic N) is 4. The monoisotopic (exact) mass is 485 g/mol. The lowest BCUT2D eigenvalue weighted by Gasteiger charge is -2.18. The molecule has 8 heteroatoms. The van der Waals surface area contributed by atoms with Crippen molar-refractivity contribution in [2.75, 3.05) is 0 Å². The van der Waals surface area contributed by atoms with Crippen molar-refractivity contribution in [3.63, 3.8) is 0 Å². The molecule has 0 saturated heterocycles. The highest BCUT2D eigenvalue weighted by molar-refractivity contribution is 5.83. The minimum atomic E-state index is -0.621. The molecule has 0 spiro atoms. The zero-order chi connectivity index (χ0) is 25.8. The summed E-state index contributed by atoms with van der Waals surface area (Å²) in [5, 5.41) is 13.3. The van der Waals surface area contributed by atoms with E-state index in [1.807, 2.05) is 23.7 Å². The van der Waals surface area contributed by atoms with Gasteiger partial charge in [-0.05, 0) is 59.2 Å². The van der Waals surface area contributed by atoms with Crippen LogP contribution in [0.3, 0.4) is 0 Å². The second kappa shape index (κ2) is 8.41. The average Bonchev–Trinajstić information content (AvgIpc) is 3.55. The number of aryl methyl sites for hydroxylation is 2. The molecule has 3 heterocycles. The van der Waals surface area contributed by atoms with E-state index in [0.717, 1.165) is 35.0 Å². The van der Waals surface area contributed by atoms with Gasteiger partial charge in [-0.3, -0.25) is 14.6 Å². The number of hydrogen-bond donors (Lipinski definition) is 2. The lowest BCUT2D eigenvalue weighted by atomic mass is 9.87. The van der Waals surface area contributed by atoms with Crippen molar-refractivity contribution in [1.82, 2.24) is 24.4 Å². The van der Waals surface area contributed by atoms with Crippen LogP contribution in [0.25, 0.3) is 33.7 Å². The number of aromatic nitrogens is 4. The number of amides is 1. The summed E-state index contributed by atoms with van der Waals surface area (Å²) in [5.41, 5.74) is 5.59. The number of fused-ring (bicyclic) bond motifs is 1. The van der Waals surface area contributed by atoms with E-state index in [4.69, 9.17) is 4.98 Å². The molecule has 8 nitrogen and oxygen atoms in total. The van der Waals surface area contributed by atoms with Gasteiger partial charge in [0.1, 0.15) is 5.69 Å². The number of aliphatic hydroxyl groups is 1. The smallest absolute Gasteiger partial charge is 0.255 e. The van der Waals surface area contributed by atoms with Crippen LogP contribution < -0.4 is 10.9 Å². The maximum absolute atomic E-state index is 12.9. The number of nitrogens with one attached hydrogen (secondary N) is 1. The normalized spacial score (nSPS) is 14.7. The topological polar surface area (TPSA) is 102 Å². The number of carbonyl (C=O) groups excluding carboxylic acids is 1. The third kappa shape index (κ3) is 3.82. The van der Waals surface area contributed by atoms with Gasteiger partial charge in [0.05, 0.1) is 23.2 Å². The van der Waals surface area contributed by atoms with Gasteiger partial charge in [-0.15, -0.1) is 0 Å². The highest BCUT2D eigenvalue weighted by Crippen LogP contribution is 2.44. The number of hydrogen-bond acceptors (Lipinski definition) is 5. The van der Waals surface area contributed by atoms with Crippen LogP contribution in [-0.4, -0.2) is 30.6 Å². The van der Waals surface area contributed by atoms with E-state index in [9.17, 15) is 14.7 Å². The Bertz CT molecular complexity index is 1550. The molecular weight excluding hydrogens is 454 g/mol. The average molecular weight is 486 g/mol. The summed E-state index contributed by atoms with van der Waals surface area (Å²) >= 11 is 0. The summed E-state index contributed by atoms with van der Waals surface area (Å²) in [6.45, 7) is 6.27. The SMILES string of the molecule is Cn1cc(-c2ccnc(-c3nc4cc(C(C)(C)C)ccc4n3C)c2CO)cc(C2(NC=O)CC2)c1=O. The number of imidazole rings is 1. The van der Waals surface area contributed by atoms with Gasteiger partial charge in [0.25, 0.3) is 5.56 Å². The minimum Gasteiger partial charge on any atom is -0.392 e. The first-order chi connectivity index (χ1) is 17.1. The van der Waals surface area contributed by atoms with Crippen molar-refractivity contribution in [1.29, 1.82) is 0 Å². The summed E-state index contributed by atoms with van der Waals surface area (Å²) in [5.74, 6) is 0.660. The molecule has 4 aromatic rings. The van der Waals surface area contributed by atoms with Crippen molar-refractivity contribution in [2.24, 2.45) is 14.1 Å². The van der Waals surface area contributed by atoms with Crippen LogP contribution in [0.1, 0.15) is 50.3 Å². The summed E-state index contributed by atoms with van der Waals surface area (Å²) in [6, 6.07) is 9.97. The highest BCUT2D eigenvalue weighted by Gasteiger charge is 2.46. The Balaban J connectivity index is 1.68. The first kappa shape index (κ1) is 23.9. The third-order valence-electron chi connectivity index (χ3n) is 7.27. The maximum atomic E-state index is 12.9. The van der Waals surface area contributed by atoms with E-state index in [0.29, 0.717) is 29.1 Å². The Morgan fingerprint density at radius 3 is 2.56 bits per heavy atom. The maximum Gasteiger partial charge on any atom is 0.255 e. The van der Waals surface area contributed by atoms with Gasteiger partial charge < -0.3 is 19.6 Å². The van der Waals surface area contributed by atoms with E-state index in [1.165, 1.54) is 10.1 Å². The number of rotatable bonds is 6. The second-order valence-corrected chi connectivity index (χ2v) is 10.7. The van der Waals surface area contributed by atoms with Gasteiger partial charge >= 0.3 is 0 Å². The minimum absolute atomic E-state index is 0.00111. The first-order valence-electron chi connectivity index (χ1n) is 12.1. The largest absolute Gasteiger partial charge is 0.392 e. The molecule has 1 aliphatic carbocycles. The molecule has 3 aromatic heterocycles. The summed E-state index contributed by atoms with van der Waals surface area (Å²) in [6.07, 6.45) is 5.54. The summed E-state index contributed by atoms with van der Waals surface area (Å²) in [4.78, 5) is 33.7. The van der Waals surface area contributed by atoms with Gasteiger partial charge in [0, 0.05) is 37.6 Å². The van der Waals surface area contributed by atoms with Gasteiger partial charge in [0.15, 0.2) is 5.82 Å². The molecule has 1 aromatic carbocycles. The van der Waals surface area contributed by atoms with Crippen LogP contribution in [0, 0.1) is 0 Å². The van der Waals surface area contributed by atoms with Crippen molar-refractivity contribution >= 4 is 17.4 Å². The van der Waals surface area contributed by atoms with Crippen molar-refractivity contribution < 1.29 is 9.90 Å². The molecule has 0 bridgehead atoms. The molecule has 5 rings (SSSR count). The Morgan fingerprint density at radius 1 is 1.17 bits per heavy atom. The number of pyridine rings is 2. The van der Waals surface area contributed by atoms with Crippen LogP contribution in [0.4, 0.5) is 0 Å². The number of benzene rings is 1. The van der Waals surface area contributed by atoms with E-state index >= 15 is 0 Å². The molecular formula is C28H31N5O3. The third-order valence-corrected chi connectivity index (χ3v) is 7.27. The van der Waals surface area contributed by atoms with Crippen molar-refractivity contribution in [3.8, 4) is 22.6 Å². The van der Waals surface area contributed by atoms with Crippen molar-refractivity contribution in [2.45, 2.75) is 51.2 Å². The fraction of sp³-hybridized carbons (Fsp3) is 0.357. The molecule has 36 heavy (non-hydrogen) atoms. The van der Waals surface area contributed by atoms with Gasteiger partial charge in [-0.25, -0.2) is 4.98 Å². The molecule has 186 valence electrons. The zero-order valence-corrected chi connectivity index (χ0v) is 21.3. The fourth-order valence-electron chi connectivity index (χ4n) is 4.92. The van der Waals surface area contributed by atoms with Gasteiger partial charge in [0.2, 0.25) is 6.41 Å². The van der Waals surface area contributed by atoms with E-state index in [2.05, 4.69) is 49.3 Å². The van der Waals surface area contributed by atoms with Crippen molar-refractivity contribution in [3.05, 3.63) is 69.8 Å². The van der Waals surface area contributed by atoms with E-state index in [1.54, 1.807) is 19.4 Å². The second-order valence-electron chi connectivity index (χ2n) is 10.7. The predicted molar refractivity (Wildman–Crippen MR) is 139 cm³/mol. The highest BCUT2D eigenvalue weighted by atomic mass is 16.3. The molecule has 1 saturated carbocycles. The van der Waals surface area contributed by atoms with E-state index in [-0.39, 0.29) is 17.6 Å². The van der Waals surface area contributed by atoms with Gasteiger partial charge in [-0.2, -0.15) is 0 Å².